The van der Waals surface area contributed by atoms with Crippen molar-refractivity contribution in [3.63, 3.8) is 0 Å². The second-order valence-electron chi connectivity index (χ2n) is 5.31. The smallest absolute Gasteiger partial charge is 0.337 e. The van der Waals surface area contributed by atoms with Crippen LogP contribution in [-0.4, -0.2) is 22.6 Å². The second-order valence-corrected chi connectivity index (χ2v) is 6.26. The number of thiophene rings is 1. The van der Waals surface area contributed by atoms with Gasteiger partial charge in [-0.1, -0.05) is 19.9 Å². The molecular weight excluding hydrogens is 272 g/mol. The number of carboxylic acids is 1. The Hall–Kier alpha value is -1.72. The number of hydrogen-bond acceptors (Lipinski definition) is 4. The number of carbonyl (C=O) groups is 1. The zero-order valence-corrected chi connectivity index (χ0v) is 12.4. The van der Waals surface area contributed by atoms with Gasteiger partial charge in [0.05, 0.1) is 11.3 Å². The highest BCUT2D eigenvalue weighted by atomic mass is 32.1. The maximum Gasteiger partial charge on any atom is 0.337 e. The Kier molecular flexibility index (Phi) is 4.52. The van der Waals surface area contributed by atoms with Crippen LogP contribution in [0.25, 0.3) is 0 Å². The van der Waals surface area contributed by atoms with Crippen molar-refractivity contribution in [3.05, 3.63) is 52.0 Å². The van der Waals surface area contributed by atoms with E-state index in [0.29, 0.717) is 6.54 Å². The maximum absolute atomic E-state index is 10.7. The molecule has 2 heterocycles. The van der Waals surface area contributed by atoms with E-state index in [-0.39, 0.29) is 11.0 Å². The molecule has 0 fully saturated rings. The average Bonchev–Trinajstić information content (AvgIpc) is 2.94. The highest BCUT2D eigenvalue weighted by Gasteiger charge is 2.20. The Morgan fingerprint density at radius 3 is 2.75 bits per heavy atom. The number of pyridine rings is 1. The quantitative estimate of drug-likeness (QED) is 0.858. The molecule has 0 aromatic carbocycles. The fourth-order valence-corrected chi connectivity index (χ4v) is 2.76. The molecule has 0 aliphatic rings. The van der Waals surface area contributed by atoms with E-state index in [2.05, 4.69) is 41.7 Å². The molecule has 2 rings (SSSR count). The van der Waals surface area contributed by atoms with Crippen LogP contribution >= 0.6 is 11.3 Å². The van der Waals surface area contributed by atoms with Crippen LogP contribution in [0.3, 0.4) is 0 Å². The van der Waals surface area contributed by atoms with E-state index >= 15 is 0 Å². The summed E-state index contributed by atoms with van der Waals surface area (Å²) in [6.07, 6.45) is 1.39. The van der Waals surface area contributed by atoms with Crippen molar-refractivity contribution in [2.75, 3.05) is 6.54 Å². The summed E-state index contributed by atoms with van der Waals surface area (Å²) >= 11 is 1.76. The lowest BCUT2D eigenvalue weighted by Crippen LogP contribution is -2.32. The monoisotopic (exact) mass is 290 g/mol. The molecule has 0 aliphatic heterocycles. The number of rotatable bonds is 6. The fourth-order valence-electron chi connectivity index (χ4n) is 1.91. The molecular formula is C15H18N2O2S. The molecule has 0 bridgehead atoms. The Labute approximate surface area is 122 Å². The Bertz CT molecular complexity index is 562. The van der Waals surface area contributed by atoms with Crippen molar-refractivity contribution >= 4 is 17.3 Å². The van der Waals surface area contributed by atoms with E-state index in [0.717, 1.165) is 12.2 Å². The Balaban J connectivity index is 1.88. The fraction of sp³-hybridized carbons (Fsp3) is 0.333. The third-order valence-electron chi connectivity index (χ3n) is 3.13. The molecule has 0 aliphatic carbocycles. The predicted molar refractivity (Wildman–Crippen MR) is 80.2 cm³/mol. The lowest BCUT2D eigenvalue weighted by molar-refractivity contribution is 0.0696. The third-order valence-corrected chi connectivity index (χ3v) is 4.37. The largest absolute Gasteiger partial charge is 0.478 e. The standard InChI is InChI=1S/C15H18N2O2S/c1-15(2,13-4-3-7-20-13)10-16-9-12-6-5-11(8-17-12)14(18)19/h3-8,16H,9-10H2,1-2H3,(H,18,19). The molecule has 0 spiro atoms. The van der Waals surface area contributed by atoms with Crippen LogP contribution in [0.5, 0.6) is 0 Å². The van der Waals surface area contributed by atoms with E-state index in [1.165, 1.54) is 11.1 Å². The molecule has 2 aromatic rings. The maximum atomic E-state index is 10.7. The number of carboxylic acid groups (broad SMARTS) is 1. The van der Waals surface area contributed by atoms with Gasteiger partial charge in [0.15, 0.2) is 0 Å². The molecule has 0 atom stereocenters. The van der Waals surface area contributed by atoms with Gasteiger partial charge in [0, 0.05) is 29.6 Å². The van der Waals surface area contributed by atoms with Crippen LogP contribution in [0.4, 0.5) is 0 Å². The van der Waals surface area contributed by atoms with Gasteiger partial charge in [0.25, 0.3) is 0 Å². The van der Waals surface area contributed by atoms with Crippen LogP contribution in [0.15, 0.2) is 35.8 Å². The number of aromatic carboxylic acids is 1. The summed E-state index contributed by atoms with van der Waals surface area (Å²) in [7, 11) is 0. The average molecular weight is 290 g/mol. The van der Waals surface area contributed by atoms with Crippen molar-refractivity contribution < 1.29 is 9.90 Å². The highest BCUT2D eigenvalue weighted by molar-refractivity contribution is 7.10. The first-order chi connectivity index (χ1) is 9.49. The zero-order valence-electron chi connectivity index (χ0n) is 11.6. The minimum absolute atomic E-state index is 0.0785. The molecule has 5 heteroatoms. The predicted octanol–water partition coefficient (Wildman–Crippen LogP) is 2.91. The van der Waals surface area contributed by atoms with Gasteiger partial charge in [-0.3, -0.25) is 4.98 Å². The van der Waals surface area contributed by atoms with Crippen molar-refractivity contribution in [1.82, 2.24) is 10.3 Å². The van der Waals surface area contributed by atoms with Gasteiger partial charge in [0.1, 0.15) is 0 Å². The molecule has 20 heavy (non-hydrogen) atoms. The Morgan fingerprint density at radius 1 is 1.40 bits per heavy atom. The molecule has 2 N–H and O–H groups in total. The molecule has 106 valence electrons. The van der Waals surface area contributed by atoms with Crippen molar-refractivity contribution in [1.29, 1.82) is 0 Å². The summed E-state index contributed by atoms with van der Waals surface area (Å²) in [6.45, 7) is 5.88. The van der Waals surface area contributed by atoms with Gasteiger partial charge in [0.2, 0.25) is 0 Å². The first kappa shape index (κ1) is 14.7. The summed E-state index contributed by atoms with van der Waals surface area (Å²) in [5.74, 6) is -0.948. The van der Waals surface area contributed by atoms with E-state index in [1.54, 1.807) is 23.5 Å². The summed E-state index contributed by atoms with van der Waals surface area (Å²) in [5.41, 5.74) is 1.14. The van der Waals surface area contributed by atoms with Crippen molar-refractivity contribution in [3.8, 4) is 0 Å². The lowest BCUT2D eigenvalue weighted by Gasteiger charge is -2.23. The van der Waals surface area contributed by atoms with Gasteiger partial charge in [-0.2, -0.15) is 0 Å². The van der Waals surface area contributed by atoms with Crippen molar-refractivity contribution in [2.24, 2.45) is 0 Å². The second kappa shape index (κ2) is 6.15. The van der Waals surface area contributed by atoms with Crippen molar-refractivity contribution in [2.45, 2.75) is 25.8 Å². The van der Waals surface area contributed by atoms with Crippen LogP contribution < -0.4 is 5.32 Å². The van der Waals surface area contributed by atoms with Crippen LogP contribution in [0.2, 0.25) is 0 Å². The van der Waals surface area contributed by atoms with E-state index in [1.807, 2.05) is 0 Å². The first-order valence-electron chi connectivity index (χ1n) is 6.42. The minimum Gasteiger partial charge on any atom is -0.478 e. The summed E-state index contributed by atoms with van der Waals surface area (Å²) in [4.78, 5) is 16.2. The molecule has 0 saturated heterocycles. The van der Waals surface area contributed by atoms with E-state index in [4.69, 9.17) is 5.11 Å². The number of nitrogens with one attached hydrogen (secondary N) is 1. The number of aromatic nitrogens is 1. The van der Waals surface area contributed by atoms with Crippen LogP contribution in [0.1, 0.15) is 34.8 Å². The van der Waals surface area contributed by atoms with Gasteiger partial charge >= 0.3 is 5.97 Å². The van der Waals surface area contributed by atoms with E-state index in [9.17, 15) is 4.79 Å². The topological polar surface area (TPSA) is 62.2 Å². The Morgan fingerprint density at radius 2 is 2.20 bits per heavy atom. The van der Waals surface area contributed by atoms with Crippen LogP contribution in [-0.2, 0) is 12.0 Å². The third kappa shape index (κ3) is 3.65. The van der Waals surface area contributed by atoms with Gasteiger partial charge in [-0.05, 0) is 23.6 Å². The highest BCUT2D eigenvalue weighted by Crippen LogP contribution is 2.26. The number of hydrogen-bond donors (Lipinski definition) is 2. The van der Waals surface area contributed by atoms with Crippen LogP contribution in [0, 0.1) is 0 Å². The van der Waals surface area contributed by atoms with Gasteiger partial charge in [-0.25, -0.2) is 4.79 Å². The summed E-state index contributed by atoms with van der Waals surface area (Å²) in [6, 6.07) is 7.53. The summed E-state index contributed by atoms with van der Waals surface area (Å²) < 4.78 is 0. The number of nitrogens with zero attached hydrogens (tertiary/aromatic N) is 1. The SMILES string of the molecule is CC(C)(CNCc1ccc(C(=O)O)cn1)c1cccs1. The van der Waals surface area contributed by atoms with Gasteiger partial charge < -0.3 is 10.4 Å². The normalized spacial score (nSPS) is 11.5. The van der Waals surface area contributed by atoms with Gasteiger partial charge in [-0.15, -0.1) is 11.3 Å². The minimum atomic E-state index is -0.948. The first-order valence-corrected chi connectivity index (χ1v) is 7.30. The zero-order chi connectivity index (χ0) is 14.6. The molecule has 4 nitrogen and oxygen atoms in total. The summed E-state index contributed by atoms with van der Waals surface area (Å²) in [5, 5.41) is 14.3. The molecule has 0 unspecified atom stereocenters. The lowest BCUT2D eigenvalue weighted by atomic mass is 9.91. The molecule has 2 aromatic heterocycles. The molecule has 0 saturated carbocycles. The molecule has 0 radical (unpaired) electrons. The molecule has 0 amide bonds. The van der Waals surface area contributed by atoms with E-state index < -0.39 is 5.97 Å².